The van der Waals surface area contributed by atoms with Gasteiger partial charge in [0.2, 0.25) is 11.8 Å². The molecule has 1 N–H and O–H groups in total. The fourth-order valence-electron chi connectivity index (χ4n) is 2.96. The summed E-state index contributed by atoms with van der Waals surface area (Å²) in [6.07, 6.45) is 1.77. The summed E-state index contributed by atoms with van der Waals surface area (Å²) in [6, 6.07) is 7.91. The van der Waals surface area contributed by atoms with Gasteiger partial charge in [0.25, 0.3) is 0 Å². The van der Waals surface area contributed by atoms with Crippen molar-refractivity contribution in [2.75, 3.05) is 38.0 Å². The van der Waals surface area contributed by atoms with Crippen LogP contribution in [0.3, 0.4) is 0 Å². The van der Waals surface area contributed by atoms with Crippen molar-refractivity contribution in [1.29, 1.82) is 0 Å². The summed E-state index contributed by atoms with van der Waals surface area (Å²) in [5.41, 5.74) is 2.05. The van der Waals surface area contributed by atoms with Crippen LogP contribution in [0, 0.1) is 5.92 Å². The first-order valence-electron chi connectivity index (χ1n) is 8.94. The molecule has 1 aliphatic heterocycles. The molecule has 1 aromatic rings. The van der Waals surface area contributed by atoms with Crippen LogP contribution in [0.5, 0.6) is 0 Å². The van der Waals surface area contributed by atoms with Crippen molar-refractivity contribution in [2.24, 2.45) is 5.92 Å². The molecule has 1 unspecified atom stereocenters. The Kier molecular flexibility index (Phi) is 6.79. The van der Waals surface area contributed by atoms with Gasteiger partial charge in [-0.3, -0.25) is 14.5 Å². The number of benzene rings is 1. The molecule has 5 heteroatoms. The first-order chi connectivity index (χ1) is 11.5. The summed E-state index contributed by atoms with van der Waals surface area (Å²) in [5, 5.41) is 3.01. The maximum absolute atomic E-state index is 12.3. The number of amides is 2. The Morgan fingerprint density at radius 1 is 1.12 bits per heavy atom. The number of rotatable bonds is 6. The van der Waals surface area contributed by atoms with E-state index in [1.54, 1.807) is 0 Å². The van der Waals surface area contributed by atoms with E-state index >= 15 is 0 Å². The molecule has 2 rings (SSSR count). The van der Waals surface area contributed by atoms with E-state index in [1.807, 2.05) is 43.0 Å². The van der Waals surface area contributed by atoms with Gasteiger partial charge in [0, 0.05) is 37.8 Å². The lowest BCUT2D eigenvalue weighted by atomic mass is 10.1. The van der Waals surface area contributed by atoms with Gasteiger partial charge in [0.15, 0.2) is 0 Å². The highest BCUT2D eigenvalue weighted by molar-refractivity contribution is 5.93. The van der Waals surface area contributed by atoms with Crippen LogP contribution in [0.4, 0.5) is 5.69 Å². The number of hydrogen-bond donors (Lipinski definition) is 1. The van der Waals surface area contributed by atoms with Crippen molar-refractivity contribution >= 4 is 17.5 Å². The minimum atomic E-state index is 0.0117. The highest BCUT2D eigenvalue weighted by Gasteiger charge is 2.24. The zero-order chi connectivity index (χ0) is 17.5. The number of hydrogen-bond acceptors (Lipinski definition) is 3. The molecule has 1 heterocycles. The van der Waals surface area contributed by atoms with Gasteiger partial charge >= 0.3 is 0 Å². The molecule has 132 valence electrons. The molecule has 1 aliphatic rings. The van der Waals surface area contributed by atoms with Crippen LogP contribution in [0.15, 0.2) is 24.3 Å². The third-order valence-corrected chi connectivity index (χ3v) is 4.76. The van der Waals surface area contributed by atoms with Crippen LogP contribution in [0.2, 0.25) is 0 Å². The molecule has 1 saturated heterocycles. The Bertz CT molecular complexity index is 565. The summed E-state index contributed by atoms with van der Waals surface area (Å²) in [4.78, 5) is 28.5. The average molecular weight is 331 g/mol. The number of aryl methyl sites for hydroxylation is 1. The maximum Gasteiger partial charge on any atom is 0.238 e. The third kappa shape index (κ3) is 4.81. The molecule has 0 saturated carbocycles. The molecule has 0 radical (unpaired) electrons. The van der Waals surface area contributed by atoms with Gasteiger partial charge < -0.3 is 10.2 Å². The summed E-state index contributed by atoms with van der Waals surface area (Å²) >= 11 is 0. The van der Waals surface area contributed by atoms with E-state index < -0.39 is 0 Å². The molecule has 24 heavy (non-hydrogen) atoms. The Labute approximate surface area is 145 Å². The van der Waals surface area contributed by atoms with Crippen molar-refractivity contribution in [3.05, 3.63) is 29.8 Å². The van der Waals surface area contributed by atoms with Crippen LogP contribution >= 0.6 is 0 Å². The van der Waals surface area contributed by atoms with E-state index in [0.717, 1.165) is 37.2 Å². The number of nitrogens with zero attached hydrogens (tertiary/aromatic N) is 2. The van der Waals surface area contributed by atoms with E-state index in [2.05, 4.69) is 17.1 Å². The molecule has 0 spiro atoms. The quantitative estimate of drug-likeness (QED) is 0.871. The molecule has 0 aliphatic carbocycles. The first kappa shape index (κ1) is 18.5. The summed E-state index contributed by atoms with van der Waals surface area (Å²) < 4.78 is 0. The van der Waals surface area contributed by atoms with Crippen LogP contribution < -0.4 is 5.32 Å². The van der Waals surface area contributed by atoms with Gasteiger partial charge in [-0.2, -0.15) is 0 Å². The predicted molar refractivity (Wildman–Crippen MR) is 96.9 cm³/mol. The molecule has 1 atom stereocenters. The van der Waals surface area contributed by atoms with Gasteiger partial charge in [-0.05, 0) is 24.5 Å². The van der Waals surface area contributed by atoms with Gasteiger partial charge in [-0.15, -0.1) is 0 Å². The zero-order valence-corrected chi connectivity index (χ0v) is 15.0. The summed E-state index contributed by atoms with van der Waals surface area (Å²) in [7, 11) is 0. The van der Waals surface area contributed by atoms with Crippen molar-refractivity contribution in [1.82, 2.24) is 9.80 Å². The SMILES string of the molecule is CCc1ccccc1NC(=O)CN1CCN(C(=O)C(C)CC)CC1. The van der Waals surface area contributed by atoms with Crippen molar-refractivity contribution in [3.63, 3.8) is 0 Å². The van der Waals surface area contributed by atoms with Crippen molar-refractivity contribution in [3.8, 4) is 0 Å². The molecular formula is C19H29N3O2. The van der Waals surface area contributed by atoms with Crippen molar-refractivity contribution < 1.29 is 9.59 Å². The number of piperazine rings is 1. The van der Waals surface area contributed by atoms with E-state index in [-0.39, 0.29) is 17.7 Å². The number of carbonyl (C=O) groups is 2. The molecule has 0 bridgehead atoms. The number of anilines is 1. The first-order valence-corrected chi connectivity index (χ1v) is 8.94. The fraction of sp³-hybridized carbons (Fsp3) is 0.579. The topological polar surface area (TPSA) is 52.7 Å². The Balaban J connectivity index is 1.81. The summed E-state index contributed by atoms with van der Waals surface area (Å²) in [6.45, 7) is 9.41. The smallest absolute Gasteiger partial charge is 0.238 e. The molecule has 1 fully saturated rings. The molecular weight excluding hydrogens is 302 g/mol. The lowest BCUT2D eigenvalue weighted by molar-refractivity contribution is -0.136. The van der Waals surface area contributed by atoms with E-state index in [1.165, 1.54) is 0 Å². The molecule has 1 aromatic carbocycles. The van der Waals surface area contributed by atoms with Gasteiger partial charge in [-0.1, -0.05) is 39.0 Å². The predicted octanol–water partition coefficient (Wildman–Crippen LogP) is 2.38. The molecule has 2 amide bonds. The second-order valence-corrected chi connectivity index (χ2v) is 6.47. The van der Waals surface area contributed by atoms with Gasteiger partial charge in [0.1, 0.15) is 0 Å². The van der Waals surface area contributed by atoms with Gasteiger partial charge in [-0.25, -0.2) is 0 Å². The Morgan fingerprint density at radius 3 is 2.42 bits per heavy atom. The number of para-hydroxylation sites is 1. The second-order valence-electron chi connectivity index (χ2n) is 6.47. The van der Waals surface area contributed by atoms with E-state index in [4.69, 9.17) is 0 Å². The van der Waals surface area contributed by atoms with E-state index in [0.29, 0.717) is 19.6 Å². The normalized spacial score (nSPS) is 16.7. The standard InChI is InChI=1S/C19H29N3O2/c1-4-15(3)19(24)22-12-10-21(11-13-22)14-18(23)20-17-9-7-6-8-16(17)5-2/h6-9,15H,4-5,10-14H2,1-3H3,(H,20,23). The fourth-order valence-corrected chi connectivity index (χ4v) is 2.96. The maximum atomic E-state index is 12.3. The number of carbonyl (C=O) groups excluding carboxylic acids is 2. The minimum absolute atomic E-state index is 0.0117. The van der Waals surface area contributed by atoms with Crippen LogP contribution in [0.25, 0.3) is 0 Å². The lowest BCUT2D eigenvalue weighted by Crippen LogP contribution is -2.51. The third-order valence-electron chi connectivity index (χ3n) is 4.76. The van der Waals surface area contributed by atoms with Crippen molar-refractivity contribution in [2.45, 2.75) is 33.6 Å². The molecule has 5 nitrogen and oxygen atoms in total. The Morgan fingerprint density at radius 2 is 1.79 bits per heavy atom. The van der Waals surface area contributed by atoms with Gasteiger partial charge in [0.05, 0.1) is 6.54 Å². The summed E-state index contributed by atoms with van der Waals surface area (Å²) in [5.74, 6) is 0.335. The highest BCUT2D eigenvalue weighted by Crippen LogP contribution is 2.15. The second kappa shape index (κ2) is 8.83. The van der Waals surface area contributed by atoms with E-state index in [9.17, 15) is 9.59 Å². The monoisotopic (exact) mass is 331 g/mol. The zero-order valence-electron chi connectivity index (χ0n) is 15.0. The van der Waals surface area contributed by atoms with Crippen LogP contribution in [-0.4, -0.2) is 54.3 Å². The lowest BCUT2D eigenvalue weighted by Gasteiger charge is -2.35. The highest BCUT2D eigenvalue weighted by atomic mass is 16.2. The Hall–Kier alpha value is -1.88. The van der Waals surface area contributed by atoms with Crippen LogP contribution in [0.1, 0.15) is 32.8 Å². The molecule has 0 aromatic heterocycles. The largest absolute Gasteiger partial charge is 0.340 e. The average Bonchev–Trinajstić information content (AvgIpc) is 2.61. The number of nitrogens with one attached hydrogen (secondary N) is 1. The minimum Gasteiger partial charge on any atom is -0.340 e. The van der Waals surface area contributed by atoms with Crippen LogP contribution in [-0.2, 0) is 16.0 Å².